The Hall–Kier alpha value is -0.700. The number of rotatable bonds is 3. The molecule has 0 aromatic carbocycles. The highest BCUT2D eigenvalue weighted by atomic mass is 32.1. The normalized spacial score (nSPS) is 10.0. The SMILES string of the molecule is CCc1ncc(CC(C)=O)s1. The molecule has 0 amide bonds. The lowest BCUT2D eigenvalue weighted by Crippen LogP contribution is -1.92. The molecule has 0 aliphatic rings. The summed E-state index contributed by atoms with van der Waals surface area (Å²) in [7, 11) is 0. The lowest BCUT2D eigenvalue weighted by molar-refractivity contribution is -0.116. The minimum atomic E-state index is 0.205. The van der Waals surface area contributed by atoms with Gasteiger partial charge in [-0.2, -0.15) is 0 Å². The summed E-state index contributed by atoms with van der Waals surface area (Å²) in [4.78, 5) is 15.9. The Morgan fingerprint density at radius 3 is 2.91 bits per heavy atom. The zero-order chi connectivity index (χ0) is 8.27. The fourth-order valence-corrected chi connectivity index (χ4v) is 1.77. The van der Waals surface area contributed by atoms with Crippen LogP contribution in [0.1, 0.15) is 23.7 Å². The van der Waals surface area contributed by atoms with Crippen LogP contribution >= 0.6 is 11.3 Å². The van der Waals surface area contributed by atoms with E-state index >= 15 is 0 Å². The molecule has 0 saturated heterocycles. The average Bonchev–Trinajstić information content (AvgIpc) is 2.34. The van der Waals surface area contributed by atoms with Crippen LogP contribution in [0.15, 0.2) is 6.20 Å². The van der Waals surface area contributed by atoms with Crippen LogP contribution in [0.5, 0.6) is 0 Å². The van der Waals surface area contributed by atoms with Crippen molar-refractivity contribution < 1.29 is 4.79 Å². The number of carbonyl (C=O) groups excluding carboxylic acids is 1. The van der Waals surface area contributed by atoms with Gasteiger partial charge in [0.1, 0.15) is 5.78 Å². The Morgan fingerprint density at radius 2 is 2.45 bits per heavy atom. The second-order valence-electron chi connectivity index (χ2n) is 2.45. The molecule has 1 rings (SSSR count). The Bertz CT molecular complexity index is 254. The van der Waals surface area contributed by atoms with Crippen molar-refractivity contribution in [3.63, 3.8) is 0 Å². The lowest BCUT2D eigenvalue weighted by atomic mass is 10.3. The van der Waals surface area contributed by atoms with Crippen LogP contribution in [0.2, 0.25) is 0 Å². The summed E-state index contributed by atoms with van der Waals surface area (Å²) in [6.45, 7) is 3.67. The number of nitrogens with zero attached hydrogens (tertiary/aromatic N) is 1. The maximum absolute atomic E-state index is 10.7. The fourth-order valence-electron chi connectivity index (χ4n) is 0.839. The zero-order valence-electron chi connectivity index (χ0n) is 6.76. The molecule has 11 heavy (non-hydrogen) atoms. The van der Waals surface area contributed by atoms with E-state index in [1.165, 1.54) is 0 Å². The summed E-state index contributed by atoms with van der Waals surface area (Å²) in [5, 5.41) is 1.11. The van der Waals surface area contributed by atoms with E-state index in [4.69, 9.17) is 0 Å². The van der Waals surface area contributed by atoms with Gasteiger partial charge in [0.15, 0.2) is 0 Å². The number of hydrogen-bond donors (Lipinski definition) is 0. The molecule has 1 heterocycles. The lowest BCUT2D eigenvalue weighted by Gasteiger charge is -1.86. The quantitative estimate of drug-likeness (QED) is 0.691. The molecule has 0 radical (unpaired) electrons. The number of hydrogen-bond acceptors (Lipinski definition) is 3. The third-order valence-electron chi connectivity index (χ3n) is 1.33. The van der Waals surface area contributed by atoms with Crippen molar-refractivity contribution in [2.45, 2.75) is 26.7 Å². The van der Waals surface area contributed by atoms with Gasteiger partial charge in [-0.25, -0.2) is 4.98 Å². The smallest absolute Gasteiger partial charge is 0.135 e. The van der Waals surface area contributed by atoms with Crippen molar-refractivity contribution in [2.75, 3.05) is 0 Å². The third-order valence-corrected chi connectivity index (χ3v) is 2.47. The number of Topliss-reactive ketones (excluding diaryl/α,β-unsaturated/α-hetero) is 1. The molecule has 0 aliphatic heterocycles. The standard InChI is InChI=1S/C8H11NOS/c1-3-8-9-5-7(11-8)4-6(2)10/h5H,3-4H2,1-2H3. The molecular weight excluding hydrogens is 158 g/mol. The van der Waals surface area contributed by atoms with Crippen molar-refractivity contribution in [1.29, 1.82) is 0 Å². The first-order valence-electron chi connectivity index (χ1n) is 3.65. The van der Waals surface area contributed by atoms with Crippen LogP contribution in [0, 0.1) is 0 Å². The van der Waals surface area contributed by atoms with Gasteiger partial charge in [0, 0.05) is 17.5 Å². The first-order chi connectivity index (χ1) is 5.22. The summed E-state index contributed by atoms with van der Waals surface area (Å²) < 4.78 is 0. The topological polar surface area (TPSA) is 30.0 Å². The van der Waals surface area contributed by atoms with Crippen LogP contribution in [0.3, 0.4) is 0 Å². The highest BCUT2D eigenvalue weighted by molar-refractivity contribution is 7.11. The fraction of sp³-hybridized carbons (Fsp3) is 0.500. The number of carbonyl (C=O) groups is 1. The number of aromatic nitrogens is 1. The maximum Gasteiger partial charge on any atom is 0.135 e. The first kappa shape index (κ1) is 8.40. The van der Waals surface area contributed by atoms with E-state index < -0.39 is 0 Å². The average molecular weight is 169 g/mol. The molecule has 0 fully saturated rings. The molecule has 0 saturated carbocycles. The molecular formula is C8H11NOS. The van der Waals surface area contributed by atoms with E-state index in [0.29, 0.717) is 6.42 Å². The van der Waals surface area contributed by atoms with Crippen molar-refractivity contribution in [2.24, 2.45) is 0 Å². The molecule has 1 aromatic rings. The molecule has 2 nitrogen and oxygen atoms in total. The van der Waals surface area contributed by atoms with Gasteiger partial charge < -0.3 is 0 Å². The molecule has 0 atom stereocenters. The summed E-state index contributed by atoms with van der Waals surface area (Å²) in [6, 6.07) is 0. The van der Waals surface area contributed by atoms with Crippen LogP contribution in [0.25, 0.3) is 0 Å². The van der Waals surface area contributed by atoms with Gasteiger partial charge in [-0.15, -0.1) is 11.3 Å². The molecule has 0 unspecified atom stereocenters. The zero-order valence-corrected chi connectivity index (χ0v) is 7.57. The van der Waals surface area contributed by atoms with Gasteiger partial charge in [0.2, 0.25) is 0 Å². The third kappa shape index (κ3) is 2.42. The van der Waals surface area contributed by atoms with Crippen LogP contribution in [-0.4, -0.2) is 10.8 Å². The first-order valence-corrected chi connectivity index (χ1v) is 4.47. The Labute approximate surface area is 70.3 Å². The van der Waals surface area contributed by atoms with Gasteiger partial charge in [-0.05, 0) is 13.3 Å². The van der Waals surface area contributed by atoms with E-state index in [2.05, 4.69) is 11.9 Å². The molecule has 1 aromatic heterocycles. The minimum absolute atomic E-state index is 0.205. The van der Waals surface area contributed by atoms with Gasteiger partial charge in [-0.3, -0.25) is 4.79 Å². The molecule has 0 bridgehead atoms. The Kier molecular flexibility index (Phi) is 2.76. The van der Waals surface area contributed by atoms with Gasteiger partial charge in [0.25, 0.3) is 0 Å². The predicted molar refractivity (Wildman–Crippen MR) is 45.9 cm³/mol. The molecule has 0 N–H and O–H groups in total. The van der Waals surface area contributed by atoms with E-state index in [1.807, 2.05) is 0 Å². The van der Waals surface area contributed by atoms with Crippen LogP contribution < -0.4 is 0 Å². The van der Waals surface area contributed by atoms with Gasteiger partial charge >= 0.3 is 0 Å². The van der Waals surface area contributed by atoms with E-state index in [1.54, 1.807) is 24.5 Å². The van der Waals surface area contributed by atoms with Gasteiger partial charge in [-0.1, -0.05) is 6.92 Å². The van der Waals surface area contributed by atoms with E-state index in [-0.39, 0.29) is 5.78 Å². The number of aryl methyl sites for hydroxylation is 1. The largest absolute Gasteiger partial charge is 0.300 e. The monoisotopic (exact) mass is 169 g/mol. The Morgan fingerprint density at radius 1 is 1.73 bits per heavy atom. The summed E-state index contributed by atoms with van der Waals surface area (Å²) >= 11 is 1.63. The second-order valence-corrected chi connectivity index (χ2v) is 3.65. The summed E-state index contributed by atoms with van der Waals surface area (Å²) in [5.74, 6) is 0.205. The molecule has 60 valence electrons. The minimum Gasteiger partial charge on any atom is -0.300 e. The number of thiazole rings is 1. The van der Waals surface area contributed by atoms with Gasteiger partial charge in [0.05, 0.1) is 5.01 Å². The number of ketones is 1. The van der Waals surface area contributed by atoms with Crippen LogP contribution in [0.4, 0.5) is 0 Å². The molecule has 3 heteroatoms. The van der Waals surface area contributed by atoms with Crippen LogP contribution in [-0.2, 0) is 17.6 Å². The Balaban J connectivity index is 2.65. The predicted octanol–water partition coefficient (Wildman–Crippen LogP) is 1.84. The summed E-state index contributed by atoms with van der Waals surface area (Å²) in [6.07, 6.45) is 3.30. The highest BCUT2D eigenvalue weighted by Crippen LogP contribution is 2.13. The maximum atomic E-state index is 10.7. The molecule has 0 aliphatic carbocycles. The van der Waals surface area contributed by atoms with Crippen molar-refractivity contribution >= 4 is 17.1 Å². The summed E-state index contributed by atoms with van der Waals surface area (Å²) in [5.41, 5.74) is 0. The highest BCUT2D eigenvalue weighted by Gasteiger charge is 2.01. The van der Waals surface area contributed by atoms with E-state index in [9.17, 15) is 4.79 Å². The second kappa shape index (κ2) is 3.62. The van der Waals surface area contributed by atoms with E-state index in [0.717, 1.165) is 16.3 Å². The van der Waals surface area contributed by atoms with Crippen molar-refractivity contribution in [3.05, 3.63) is 16.1 Å². The van der Waals surface area contributed by atoms with Crippen molar-refractivity contribution in [1.82, 2.24) is 4.98 Å². The molecule has 0 spiro atoms. The van der Waals surface area contributed by atoms with Crippen molar-refractivity contribution in [3.8, 4) is 0 Å².